The van der Waals surface area contributed by atoms with Crippen LogP contribution in [0.25, 0.3) is 11.0 Å². The zero-order valence-electron chi connectivity index (χ0n) is 12.0. The molecule has 1 N–H and O–H groups in total. The van der Waals surface area contributed by atoms with Crippen molar-refractivity contribution in [2.24, 2.45) is 0 Å². The molecule has 0 saturated carbocycles. The summed E-state index contributed by atoms with van der Waals surface area (Å²) in [5, 5.41) is 0. The fourth-order valence-electron chi connectivity index (χ4n) is 2.90. The maximum Gasteiger partial charge on any atom is 0.121 e. The SMILES string of the molecule is Cc1cc2nc(CN3CCCCCC3)[nH]c2cc1C. The van der Waals surface area contributed by atoms with Crippen molar-refractivity contribution < 1.29 is 0 Å². The second-order valence-electron chi connectivity index (χ2n) is 5.83. The first-order valence-electron chi connectivity index (χ1n) is 7.40. The molecule has 0 unspecified atom stereocenters. The number of aromatic nitrogens is 2. The van der Waals surface area contributed by atoms with E-state index in [-0.39, 0.29) is 0 Å². The molecular weight excluding hydrogens is 234 g/mol. The quantitative estimate of drug-likeness (QED) is 0.892. The fourth-order valence-corrected chi connectivity index (χ4v) is 2.90. The number of benzene rings is 1. The third kappa shape index (κ3) is 2.81. The maximum atomic E-state index is 4.74. The van der Waals surface area contributed by atoms with Gasteiger partial charge in [0.15, 0.2) is 0 Å². The Bertz CT molecular complexity index is 524. The van der Waals surface area contributed by atoms with Crippen LogP contribution in [0.3, 0.4) is 0 Å². The van der Waals surface area contributed by atoms with E-state index in [9.17, 15) is 0 Å². The smallest absolute Gasteiger partial charge is 0.121 e. The van der Waals surface area contributed by atoms with Gasteiger partial charge in [0, 0.05) is 0 Å². The van der Waals surface area contributed by atoms with Gasteiger partial charge in [0.05, 0.1) is 17.6 Å². The minimum Gasteiger partial charge on any atom is -0.341 e. The van der Waals surface area contributed by atoms with Gasteiger partial charge in [-0.25, -0.2) is 4.98 Å². The lowest BCUT2D eigenvalue weighted by atomic mass is 10.1. The molecule has 3 heteroatoms. The normalized spacial score (nSPS) is 17.8. The first-order chi connectivity index (χ1) is 9.22. The number of aromatic amines is 1. The van der Waals surface area contributed by atoms with E-state index in [0.29, 0.717) is 0 Å². The number of hydrogen-bond acceptors (Lipinski definition) is 2. The van der Waals surface area contributed by atoms with Crippen molar-refractivity contribution in [1.82, 2.24) is 14.9 Å². The summed E-state index contributed by atoms with van der Waals surface area (Å²) in [7, 11) is 0. The molecule has 1 fully saturated rings. The molecule has 0 spiro atoms. The van der Waals surface area contributed by atoms with Crippen molar-refractivity contribution in [2.75, 3.05) is 13.1 Å². The van der Waals surface area contributed by atoms with Gasteiger partial charge in [-0.3, -0.25) is 4.90 Å². The van der Waals surface area contributed by atoms with Crippen molar-refractivity contribution in [1.29, 1.82) is 0 Å². The Balaban J connectivity index is 1.80. The summed E-state index contributed by atoms with van der Waals surface area (Å²) >= 11 is 0. The lowest BCUT2D eigenvalue weighted by molar-refractivity contribution is 0.271. The molecule has 3 rings (SSSR count). The number of nitrogens with one attached hydrogen (secondary N) is 1. The Morgan fingerprint density at radius 1 is 1.05 bits per heavy atom. The van der Waals surface area contributed by atoms with Crippen molar-refractivity contribution in [3.8, 4) is 0 Å². The Hall–Kier alpha value is -1.35. The third-order valence-corrected chi connectivity index (χ3v) is 4.22. The average molecular weight is 257 g/mol. The minimum atomic E-state index is 0.965. The number of nitrogens with zero attached hydrogens (tertiary/aromatic N) is 2. The van der Waals surface area contributed by atoms with E-state index in [2.05, 4.69) is 35.9 Å². The van der Waals surface area contributed by atoms with E-state index < -0.39 is 0 Å². The largest absolute Gasteiger partial charge is 0.341 e. The molecule has 0 radical (unpaired) electrons. The highest BCUT2D eigenvalue weighted by Gasteiger charge is 2.12. The van der Waals surface area contributed by atoms with Gasteiger partial charge >= 0.3 is 0 Å². The molecule has 0 amide bonds. The van der Waals surface area contributed by atoms with Crippen molar-refractivity contribution >= 4 is 11.0 Å². The second kappa shape index (κ2) is 5.33. The molecule has 1 aromatic heterocycles. The standard InChI is InChI=1S/C16H23N3/c1-12-9-14-15(10-13(12)2)18-16(17-14)11-19-7-5-3-4-6-8-19/h9-10H,3-8,11H2,1-2H3,(H,17,18). The van der Waals surface area contributed by atoms with E-state index >= 15 is 0 Å². The lowest BCUT2D eigenvalue weighted by Crippen LogP contribution is -2.24. The van der Waals surface area contributed by atoms with Crippen LogP contribution in [0.15, 0.2) is 12.1 Å². The molecule has 3 nitrogen and oxygen atoms in total. The van der Waals surface area contributed by atoms with Crippen molar-refractivity contribution in [3.63, 3.8) is 0 Å². The van der Waals surface area contributed by atoms with Crippen LogP contribution in [0, 0.1) is 13.8 Å². The molecule has 2 heterocycles. The number of likely N-dealkylation sites (tertiary alicyclic amines) is 1. The monoisotopic (exact) mass is 257 g/mol. The van der Waals surface area contributed by atoms with E-state index in [4.69, 9.17) is 4.98 Å². The molecule has 1 aromatic carbocycles. The van der Waals surface area contributed by atoms with Gasteiger partial charge in [-0.1, -0.05) is 12.8 Å². The molecule has 102 valence electrons. The number of H-pyrrole nitrogens is 1. The minimum absolute atomic E-state index is 0.965. The molecule has 0 atom stereocenters. The van der Waals surface area contributed by atoms with Gasteiger partial charge in [-0.05, 0) is 63.0 Å². The molecule has 1 aliphatic rings. The number of aryl methyl sites for hydroxylation is 2. The van der Waals surface area contributed by atoms with Crippen LogP contribution >= 0.6 is 0 Å². The fraction of sp³-hybridized carbons (Fsp3) is 0.562. The Kier molecular flexibility index (Phi) is 3.56. The number of fused-ring (bicyclic) bond motifs is 1. The zero-order chi connectivity index (χ0) is 13.2. The van der Waals surface area contributed by atoms with E-state index in [0.717, 1.165) is 17.9 Å². The van der Waals surface area contributed by atoms with E-state index in [1.54, 1.807) is 0 Å². The van der Waals surface area contributed by atoms with Gasteiger partial charge in [0.2, 0.25) is 0 Å². The summed E-state index contributed by atoms with van der Waals surface area (Å²) < 4.78 is 0. The van der Waals surface area contributed by atoms with Gasteiger partial charge in [0.25, 0.3) is 0 Å². The summed E-state index contributed by atoms with van der Waals surface area (Å²) in [6.07, 6.45) is 5.43. The summed E-state index contributed by atoms with van der Waals surface area (Å²) in [6, 6.07) is 4.40. The number of imidazole rings is 1. The topological polar surface area (TPSA) is 31.9 Å². The van der Waals surface area contributed by atoms with Crippen LogP contribution in [-0.4, -0.2) is 28.0 Å². The summed E-state index contributed by atoms with van der Waals surface area (Å²) in [5.74, 6) is 1.11. The Labute approximate surface area is 115 Å². The van der Waals surface area contributed by atoms with Gasteiger partial charge in [-0.15, -0.1) is 0 Å². The van der Waals surface area contributed by atoms with Crippen LogP contribution in [0.5, 0.6) is 0 Å². The maximum absolute atomic E-state index is 4.74. The van der Waals surface area contributed by atoms with Crippen molar-refractivity contribution in [2.45, 2.75) is 46.1 Å². The predicted octanol–water partition coefficient (Wildman–Crippen LogP) is 3.56. The van der Waals surface area contributed by atoms with Gasteiger partial charge in [0.1, 0.15) is 5.82 Å². The first-order valence-corrected chi connectivity index (χ1v) is 7.40. The summed E-state index contributed by atoms with van der Waals surface area (Å²) in [6.45, 7) is 7.71. The van der Waals surface area contributed by atoms with Crippen molar-refractivity contribution in [3.05, 3.63) is 29.1 Å². The predicted molar refractivity (Wildman–Crippen MR) is 79.3 cm³/mol. The van der Waals surface area contributed by atoms with Gasteiger partial charge < -0.3 is 4.98 Å². The lowest BCUT2D eigenvalue weighted by Gasteiger charge is -2.17. The average Bonchev–Trinajstić information content (AvgIpc) is 2.60. The van der Waals surface area contributed by atoms with Crippen LogP contribution in [0.4, 0.5) is 0 Å². The second-order valence-corrected chi connectivity index (χ2v) is 5.83. The molecule has 2 aromatic rings. The molecule has 19 heavy (non-hydrogen) atoms. The molecule has 0 aliphatic carbocycles. The molecule has 1 aliphatic heterocycles. The van der Waals surface area contributed by atoms with Gasteiger partial charge in [-0.2, -0.15) is 0 Å². The Morgan fingerprint density at radius 3 is 2.47 bits per heavy atom. The Morgan fingerprint density at radius 2 is 1.74 bits per heavy atom. The summed E-state index contributed by atoms with van der Waals surface area (Å²) in [5.41, 5.74) is 4.93. The number of rotatable bonds is 2. The van der Waals surface area contributed by atoms with E-state index in [1.165, 1.54) is 55.4 Å². The highest BCUT2D eigenvalue weighted by molar-refractivity contribution is 5.77. The highest BCUT2D eigenvalue weighted by Crippen LogP contribution is 2.19. The molecule has 0 bridgehead atoms. The highest BCUT2D eigenvalue weighted by atomic mass is 15.1. The molecular formula is C16H23N3. The summed E-state index contributed by atoms with van der Waals surface area (Å²) in [4.78, 5) is 10.8. The van der Waals surface area contributed by atoms with E-state index in [1.807, 2.05) is 0 Å². The van der Waals surface area contributed by atoms with Crippen LogP contribution in [0.2, 0.25) is 0 Å². The van der Waals surface area contributed by atoms with Crippen LogP contribution < -0.4 is 0 Å². The third-order valence-electron chi connectivity index (χ3n) is 4.22. The zero-order valence-corrected chi connectivity index (χ0v) is 12.0. The number of hydrogen-bond donors (Lipinski definition) is 1. The molecule has 1 saturated heterocycles. The van der Waals surface area contributed by atoms with Crippen LogP contribution in [0.1, 0.15) is 42.6 Å². The van der Waals surface area contributed by atoms with Crippen LogP contribution in [-0.2, 0) is 6.54 Å². The first kappa shape index (κ1) is 12.7.